The molecule has 0 saturated heterocycles. The zero-order valence-corrected chi connectivity index (χ0v) is 12.1. The Labute approximate surface area is 120 Å². The molecule has 0 spiro atoms. The van der Waals surface area contributed by atoms with Crippen molar-refractivity contribution in [2.24, 2.45) is 0 Å². The molecule has 0 aliphatic rings. The zero-order chi connectivity index (χ0) is 14.5. The molecule has 6 nitrogen and oxygen atoms in total. The van der Waals surface area contributed by atoms with Crippen molar-refractivity contribution in [3.63, 3.8) is 0 Å². The van der Waals surface area contributed by atoms with Crippen molar-refractivity contribution < 1.29 is 9.66 Å². The highest BCUT2D eigenvalue weighted by atomic mass is 32.1. The van der Waals surface area contributed by atoms with Gasteiger partial charge in [-0.3, -0.25) is 10.1 Å². The summed E-state index contributed by atoms with van der Waals surface area (Å²) in [4.78, 5) is 17.0. The molecule has 2 rings (SSSR count). The van der Waals surface area contributed by atoms with Gasteiger partial charge in [0.05, 0.1) is 18.6 Å². The third kappa shape index (κ3) is 3.24. The van der Waals surface area contributed by atoms with Gasteiger partial charge in [0.25, 0.3) is 0 Å². The summed E-state index contributed by atoms with van der Waals surface area (Å²) in [7, 11) is 1.48. The summed E-state index contributed by atoms with van der Waals surface area (Å²) >= 11 is 1.68. The summed E-state index contributed by atoms with van der Waals surface area (Å²) in [6, 6.07) is 6.95. The van der Waals surface area contributed by atoms with Crippen molar-refractivity contribution in [2.75, 3.05) is 12.4 Å². The van der Waals surface area contributed by atoms with Crippen molar-refractivity contribution in [3.05, 3.63) is 44.1 Å². The molecule has 2 heterocycles. The molecule has 0 radical (unpaired) electrons. The highest BCUT2D eigenvalue weighted by Gasteiger charge is 2.16. The van der Waals surface area contributed by atoms with Gasteiger partial charge < -0.3 is 10.1 Å². The number of anilines is 1. The van der Waals surface area contributed by atoms with Crippen molar-refractivity contribution >= 4 is 22.8 Å². The van der Waals surface area contributed by atoms with Crippen molar-refractivity contribution in [1.82, 2.24) is 4.98 Å². The van der Waals surface area contributed by atoms with Crippen molar-refractivity contribution in [2.45, 2.75) is 19.9 Å². The Morgan fingerprint density at radius 1 is 1.35 bits per heavy atom. The van der Waals surface area contributed by atoms with Gasteiger partial charge in [-0.1, -0.05) is 6.92 Å². The van der Waals surface area contributed by atoms with Crippen LogP contribution in [0.15, 0.2) is 24.3 Å². The van der Waals surface area contributed by atoms with Crippen LogP contribution < -0.4 is 10.1 Å². The number of hydrogen-bond donors (Lipinski definition) is 1. The maximum Gasteiger partial charge on any atom is 0.311 e. The molecule has 7 heteroatoms. The van der Waals surface area contributed by atoms with Crippen LogP contribution in [0.1, 0.15) is 16.7 Å². The van der Waals surface area contributed by atoms with E-state index in [2.05, 4.69) is 23.3 Å². The molecule has 0 unspecified atom stereocenters. The molecular weight excluding hydrogens is 278 g/mol. The van der Waals surface area contributed by atoms with Crippen LogP contribution >= 0.6 is 11.3 Å². The largest absolute Gasteiger partial charge is 0.481 e. The van der Waals surface area contributed by atoms with E-state index < -0.39 is 4.92 Å². The van der Waals surface area contributed by atoms with Crippen LogP contribution in [0.5, 0.6) is 5.88 Å². The molecule has 0 amide bonds. The van der Waals surface area contributed by atoms with E-state index in [1.807, 2.05) is 6.07 Å². The number of nitrogens with zero attached hydrogens (tertiary/aromatic N) is 2. The lowest BCUT2D eigenvalue weighted by atomic mass is 10.3. The van der Waals surface area contributed by atoms with E-state index in [0.29, 0.717) is 12.4 Å². The molecule has 0 fully saturated rings. The number of ether oxygens (including phenoxy) is 1. The van der Waals surface area contributed by atoms with E-state index in [9.17, 15) is 10.1 Å². The summed E-state index contributed by atoms with van der Waals surface area (Å²) in [5.41, 5.74) is -0.0573. The quantitative estimate of drug-likeness (QED) is 0.653. The second-order valence-electron chi connectivity index (χ2n) is 4.05. The molecule has 2 aromatic heterocycles. The van der Waals surface area contributed by atoms with Gasteiger partial charge in [-0.2, -0.15) is 4.98 Å². The van der Waals surface area contributed by atoms with Gasteiger partial charge >= 0.3 is 5.69 Å². The second kappa shape index (κ2) is 6.33. The molecule has 20 heavy (non-hydrogen) atoms. The Morgan fingerprint density at radius 2 is 2.10 bits per heavy atom. The third-order valence-corrected chi connectivity index (χ3v) is 3.98. The predicted molar refractivity (Wildman–Crippen MR) is 78.5 cm³/mol. The van der Waals surface area contributed by atoms with E-state index in [1.165, 1.54) is 24.1 Å². The number of pyridine rings is 1. The number of hydrogen-bond acceptors (Lipinski definition) is 6. The topological polar surface area (TPSA) is 77.3 Å². The smallest absolute Gasteiger partial charge is 0.311 e. The van der Waals surface area contributed by atoms with Crippen LogP contribution in [0.2, 0.25) is 0 Å². The van der Waals surface area contributed by atoms with Gasteiger partial charge in [-0.25, -0.2) is 0 Å². The molecular formula is C13H15N3O3S. The fourth-order valence-electron chi connectivity index (χ4n) is 1.70. The Hall–Kier alpha value is -2.15. The first-order chi connectivity index (χ1) is 9.63. The molecule has 1 N–H and O–H groups in total. The summed E-state index contributed by atoms with van der Waals surface area (Å²) in [5, 5.41) is 14.0. The van der Waals surface area contributed by atoms with E-state index >= 15 is 0 Å². The maximum absolute atomic E-state index is 11.0. The van der Waals surface area contributed by atoms with Gasteiger partial charge in [0.2, 0.25) is 11.7 Å². The monoisotopic (exact) mass is 293 g/mol. The van der Waals surface area contributed by atoms with Gasteiger partial charge in [0.1, 0.15) is 0 Å². The summed E-state index contributed by atoms with van der Waals surface area (Å²) < 4.78 is 4.99. The lowest BCUT2D eigenvalue weighted by Crippen LogP contribution is -2.04. The minimum Gasteiger partial charge on any atom is -0.481 e. The number of aryl methyl sites for hydroxylation is 1. The Bertz CT molecular complexity index is 613. The zero-order valence-electron chi connectivity index (χ0n) is 11.3. The summed E-state index contributed by atoms with van der Waals surface area (Å²) in [6.45, 7) is 2.60. The Balaban J connectivity index is 2.16. The number of aromatic nitrogens is 1. The van der Waals surface area contributed by atoms with E-state index in [1.54, 1.807) is 11.3 Å². The van der Waals surface area contributed by atoms with Crippen molar-refractivity contribution in [3.8, 4) is 5.88 Å². The van der Waals surface area contributed by atoms with Gasteiger partial charge in [0, 0.05) is 21.9 Å². The molecule has 0 bridgehead atoms. The Morgan fingerprint density at radius 3 is 2.70 bits per heavy atom. The highest BCUT2D eigenvalue weighted by Crippen LogP contribution is 2.26. The molecule has 2 aromatic rings. The van der Waals surface area contributed by atoms with Crippen LogP contribution in [0.25, 0.3) is 0 Å². The number of thiophene rings is 1. The second-order valence-corrected chi connectivity index (χ2v) is 5.31. The predicted octanol–water partition coefficient (Wildman–Crippen LogP) is 3.23. The van der Waals surface area contributed by atoms with Gasteiger partial charge in [-0.05, 0) is 18.6 Å². The normalized spacial score (nSPS) is 10.3. The molecule has 0 aliphatic carbocycles. The van der Waals surface area contributed by atoms with Gasteiger partial charge in [0.15, 0.2) is 0 Å². The minimum absolute atomic E-state index is 0.0573. The average Bonchev–Trinajstić information content (AvgIpc) is 2.92. The van der Waals surface area contributed by atoms with Crippen LogP contribution in [0, 0.1) is 10.1 Å². The Kier molecular flexibility index (Phi) is 4.52. The molecule has 0 aromatic carbocycles. The van der Waals surface area contributed by atoms with Crippen LogP contribution in [-0.2, 0) is 13.0 Å². The number of nitrogens with one attached hydrogen (secondary N) is 1. The van der Waals surface area contributed by atoms with Crippen LogP contribution in [0.4, 0.5) is 11.5 Å². The number of nitro groups is 1. The fourth-order valence-corrected chi connectivity index (χ4v) is 2.60. The van der Waals surface area contributed by atoms with E-state index in [4.69, 9.17) is 4.74 Å². The number of methoxy groups -OCH3 is 1. The summed E-state index contributed by atoms with van der Waals surface area (Å²) in [6.07, 6.45) is 0.988. The standard InChI is InChI=1S/C13H15N3O3S/c1-3-9-4-5-10(20-9)8-14-13-11(16(17)18)6-7-12(15-13)19-2/h4-7H,3,8H2,1-2H3,(H,14,15). The van der Waals surface area contributed by atoms with Crippen LogP contribution in [0.3, 0.4) is 0 Å². The summed E-state index contributed by atoms with van der Waals surface area (Å²) in [5.74, 6) is 0.569. The molecule has 0 aliphatic heterocycles. The first kappa shape index (κ1) is 14.3. The van der Waals surface area contributed by atoms with E-state index in [-0.39, 0.29) is 11.5 Å². The molecule has 0 saturated carbocycles. The first-order valence-corrected chi connectivity index (χ1v) is 6.96. The van der Waals surface area contributed by atoms with E-state index in [0.717, 1.165) is 11.3 Å². The van der Waals surface area contributed by atoms with Crippen molar-refractivity contribution in [1.29, 1.82) is 0 Å². The minimum atomic E-state index is -0.458. The average molecular weight is 293 g/mol. The maximum atomic E-state index is 11.0. The number of rotatable bonds is 6. The highest BCUT2D eigenvalue weighted by molar-refractivity contribution is 7.12. The molecule has 0 atom stereocenters. The lowest BCUT2D eigenvalue weighted by molar-refractivity contribution is -0.384. The first-order valence-electron chi connectivity index (χ1n) is 6.15. The SMILES string of the molecule is CCc1ccc(CNc2nc(OC)ccc2[N+](=O)[O-])s1. The third-order valence-electron chi connectivity index (χ3n) is 2.75. The molecule has 106 valence electrons. The lowest BCUT2D eigenvalue weighted by Gasteiger charge is -2.06. The van der Waals surface area contributed by atoms with Gasteiger partial charge in [-0.15, -0.1) is 11.3 Å². The van der Waals surface area contributed by atoms with Crippen LogP contribution in [-0.4, -0.2) is 17.0 Å². The fraction of sp³-hybridized carbons (Fsp3) is 0.308.